The van der Waals surface area contributed by atoms with Gasteiger partial charge in [0.2, 0.25) is 0 Å². The van der Waals surface area contributed by atoms with Gasteiger partial charge in [0.1, 0.15) is 0 Å². The van der Waals surface area contributed by atoms with E-state index in [1.807, 2.05) is 0 Å². The minimum atomic E-state index is 0.808. The molecule has 1 N–H and O–H groups in total. The first-order valence-corrected chi connectivity index (χ1v) is 8.73. The zero-order valence-corrected chi connectivity index (χ0v) is 12.2. The molecule has 0 bridgehead atoms. The summed E-state index contributed by atoms with van der Waals surface area (Å²) in [5.41, 5.74) is 0. The number of rotatable bonds is 5. The van der Waals surface area contributed by atoms with E-state index in [4.69, 9.17) is 0 Å². The Labute approximate surface area is 112 Å². The Morgan fingerprint density at radius 1 is 0.941 bits per heavy atom. The van der Waals surface area contributed by atoms with E-state index in [0.29, 0.717) is 0 Å². The number of thioether (sulfide) groups is 1. The predicted octanol–water partition coefficient (Wildman–Crippen LogP) is 4.36. The van der Waals surface area contributed by atoms with Crippen LogP contribution >= 0.6 is 11.8 Å². The van der Waals surface area contributed by atoms with Gasteiger partial charge in [-0.1, -0.05) is 39.0 Å². The van der Waals surface area contributed by atoms with Gasteiger partial charge in [-0.05, 0) is 38.6 Å². The zero-order valence-electron chi connectivity index (χ0n) is 11.4. The Hall–Kier alpha value is 0.310. The van der Waals surface area contributed by atoms with Gasteiger partial charge >= 0.3 is 0 Å². The standard InChI is InChI=1S/C15H29NS/c1-2-12-16-14-10-4-3-5-11-15(14)17-13-8-6-7-9-13/h13-16H,2-12H2,1H3. The van der Waals surface area contributed by atoms with E-state index in [1.165, 1.54) is 70.8 Å². The molecule has 2 rings (SSSR count). The molecule has 2 aliphatic carbocycles. The Morgan fingerprint density at radius 2 is 1.65 bits per heavy atom. The summed E-state index contributed by atoms with van der Waals surface area (Å²) >= 11 is 2.34. The highest BCUT2D eigenvalue weighted by atomic mass is 32.2. The molecule has 0 aliphatic heterocycles. The minimum Gasteiger partial charge on any atom is -0.313 e. The molecule has 2 aliphatic rings. The van der Waals surface area contributed by atoms with Crippen LogP contribution in [-0.4, -0.2) is 23.1 Å². The van der Waals surface area contributed by atoms with Crippen molar-refractivity contribution >= 4 is 11.8 Å². The van der Waals surface area contributed by atoms with E-state index in [0.717, 1.165) is 16.5 Å². The maximum atomic E-state index is 3.81. The second kappa shape index (κ2) is 7.68. The van der Waals surface area contributed by atoms with Crippen LogP contribution in [0.1, 0.15) is 71.1 Å². The summed E-state index contributed by atoms with van der Waals surface area (Å²) in [6.45, 7) is 3.50. The molecule has 0 heterocycles. The second-order valence-corrected chi connectivity index (χ2v) is 7.32. The van der Waals surface area contributed by atoms with Crippen molar-refractivity contribution in [2.45, 2.75) is 87.7 Å². The summed E-state index contributed by atoms with van der Waals surface area (Å²) in [6, 6.07) is 0.808. The number of hydrogen-bond donors (Lipinski definition) is 1. The van der Waals surface area contributed by atoms with Crippen molar-refractivity contribution in [2.75, 3.05) is 6.54 Å². The summed E-state index contributed by atoms with van der Waals surface area (Å²) in [4.78, 5) is 0. The minimum absolute atomic E-state index is 0.808. The van der Waals surface area contributed by atoms with Crippen molar-refractivity contribution in [2.24, 2.45) is 0 Å². The molecular formula is C15H29NS. The summed E-state index contributed by atoms with van der Waals surface area (Å²) in [5.74, 6) is 0. The molecule has 0 aromatic carbocycles. The fraction of sp³-hybridized carbons (Fsp3) is 1.00. The van der Waals surface area contributed by atoms with Crippen LogP contribution < -0.4 is 5.32 Å². The van der Waals surface area contributed by atoms with Crippen LogP contribution in [0.5, 0.6) is 0 Å². The van der Waals surface area contributed by atoms with Gasteiger partial charge in [-0.2, -0.15) is 11.8 Å². The van der Waals surface area contributed by atoms with Gasteiger partial charge in [0.15, 0.2) is 0 Å². The first-order chi connectivity index (χ1) is 8.40. The Bertz CT molecular complexity index is 201. The molecular weight excluding hydrogens is 226 g/mol. The molecule has 2 unspecified atom stereocenters. The molecule has 2 atom stereocenters. The van der Waals surface area contributed by atoms with Crippen LogP contribution in [-0.2, 0) is 0 Å². The first-order valence-electron chi connectivity index (χ1n) is 7.79. The van der Waals surface area contributed by atoms with Gasteiger partial charge in [0, 0.05) is 16.5 Å². The summed E-state index contributed by atoms with van der Waals surface area (Å²) in [6.07, 6.45) is 14.5. The van der Waals surface area contributed by atoms with E-state index >= 15 is 0 Å². The monoisotopic (exact) mass is 255 g/mol. The van der Waals surface area contributed by atoms with Crippen molar-refractivity contribution in [1.82, 2.24) is 5.32 Å². The molecule has 0 aromatic rings. The van der Waals surface area contributed by atoms with E-state index < -0.39 is 0 Å². The Kier molecular flexibility index (Phi) is 6.21. The highest BCUT2D eigenvalue weighted by Crippen LogP contribution is 2.37. The Morgan fingerprint density at radius 3 is 2.41 bits per heavy atom. The van der Waals surface area contributed by atoms with Crippen LogP contribution in [0, 0.1) is 0 Å². The molecule has 0 saturated heterocycles. The number of nitrogens with one attached hydrogen (secondary N) is 1. The van der Waals surface area contributed by atoms with E-state index in [-0.39, 0.29) is 0 Å². The third kappa shape index (κ3) is 4.48. The highest BCUT2D eigenvalue weighted by molar-refractivity contribution is 8.00. The molecule has 0 amide bonds. The molecule has 100 valence electrons. The largest absolute Gasteiger partial charge is 0.313 e. The quantitative estimate of drug-likeness (QED) is 0.732. The fourth-order valence-electron chi connectivity index (χ4n) is 3.27. The van der Waals surface area contributed by atoms with Gasteiger partial charge in [-0.15, -0.1) is 0 Å². The van der Waals surface area contributed by atoms with Gasteiger partial charge < -0.3 is 5.32 Å². The molecule has 0 aromatic heterocycles. The van der Waals surface area contributed by atoms with Crippen molar-refractivity contribution in [3.8, 4) is 0 Å². The fourth-order valence-corrected chi connectivity index (χ4v) is 5.10. The van der Waals surface area contributed by atoms with Crippen LogP contribution in [0.15, 0.2) is 0 Å². The van der Waals surface area contributed by atoms with E-state index in [2.05, 4.69) is 24.0 Å². The van der Waals surface area contributed by atoms with E-state index in [1.54, 1.807) is 0 Å². The SMILES string of the molecule is CCCNC1CCCCCC1SC1CCCC1. The second-order valence-electron chi connectivity index (χ2n) is 5.78. The molecule has 0 radical (unpaired) electrons. The maximum Gasteiger partial charge on any atom is 0.0203 e. The molecule has 2 saturated carbocycles. The highest BCUT2D eigenvalue weighted by Gasteiger charge is 2.27. The lowest BCUT2D eigenvalue weighted by Gasteiger charge is -2.28. The summed E-state index contributed by atoms with van der Waals surface area (Å²) in [7, 11) is 0. The number of hydrogen-bond acceptors (Lipinski definition) is 2. The lowest BCUT2D eigenvalue weighted by Crippen LogP contribution is -2.38. The lowest BCUT2D eigenvalue weighted by atomic mass is 10.1. The summed E-state index contributed by atoms with van der Waals surface area (Å²) in [5, 5.41) is 5.71. The molecule has 2 fully saturated rings. The average molecular weight is 255 g/mol. The normalized spacial score (nSPS) is 31.6. The maximum absolute atomic E-state index is 3.81. The lowest BCUT2D eigenvalue weighted by molar-refractivity contribution is 0.469. The summed E-state index contributed by atoms with van der Waals surface area (Å²) < 4.78 is 0. The van der Waals surface area contributed by atoms with Gasteiger partial charge in [0.25, 0.3) is 0 Å². The topological polar surface area (TPSA) is 12.0 Å². The molecule has 1 nitrogen and oxygen atoms in total. The van der Waals surface area contributed by atoms with Crippen molar-refractivity contribution in [3.63, 3.8) is 0 Å². The van der Waals surface area contributed by atoms with E-state index in [9.17, 15) is 0 Å². The van der Waals surface area contributed by atoms with Crippen LogP contribution in [0.3, 0.4) is 0 Å². The van der Waals surface area contributed by atoms with Crippen molar-refractivity contribution < 1.29 is 0 Å². The molecule has 0 spiro atoms. The third-order valence-corrected chi connectivity index (χ3v) is 6.05. The first kappa shape index (κ1) is 13.7. The van der Waals surface area contributed by atoms with Crippen LogP contribution in [0.25, 0.3) is 0 Å². The van der Waals surface area contributed by atoms with Gasteiger partial charge in [-0.3, -0.25) is 0 Å². The van der Waals surface area contributed by atoms with Gasteiger partial charge in [0.05, 0.1) is 0 Å². The average Bonchev–Trinajstić information content (AvgIpc) is 2.74. The van der Waals surface area contributed by atoms with Crippen LogP contribution in [0.4, 0.5) is 0 Å². The molecule has 17 heavy (non-hydrogen) atoms. The smallest absolute Gasteiger partial charge is 0.0203 e. The van der Waals surface area contributed by atoms with Crippen LogP contribution in [0.2, 0.25) is 0 Å². The van der Waals surface area contributed by atoms with Crippen molar-refractivity contribution in [1.29, 1.82) is 0 Å². The zero-order chi connectivity index (χ0) is 11.9. The van der Waals surface area contributed by atoms with Gasteiger partial charge in [-0.25, -0.2) is 0 Å². The van der Waals surface area contributed by atoms with Crippen molar-refractivity contribution in [3.05, 3.63) is 0 Å². The molecule has 2 heteroatoms. The Balaban J connectivity index is 1.83. The predicted molar refractivity (Wildman–Crippen MR) is 78.8 cm³/mol. The third-order valence-electron chi connectivity index (χ3n) is 4.28.